The van der Waals surface area contributed by atoms with Gasteiger partial charge in [0.1, 0.15) is 5.82 Å². The molecule has 1 aliphatic heterocycles. The van der Waals surface area contributed by atoms with Gasteiger partial charge in [0.2, 0.25) is 0 Å². The molecule has 0 bridgehead atoms. The highest BCUT2D eigenvalue weighted by Crippen LogP contribution is 2.60. The lowest BCUT2D eigenvalue weighted by molar-refractivity contribution is 0.195. The molecule has 120 valence electrons. The first-order chi connectivity index (χ1) is 11.0. The molecule has 1 heterocycles. The van der Waals surface area contributed by atoms with Gasteiger partial charge >= 0.3 is 0 Å². The molecule has 23 heavy (non-hydrogen) atoms. The van der Waals surface area contributed by atoms with Gasteiger partial charge in [0, 0.05) is 21.3 Å². The Kier molecular flexibility index (Phi) is 3.35. The van der Waals surface area contributed by atoms with E-state index in [0.717, 1.165) is 16.6 Å². The molecular formula is C20H21BrFN. The molecule has 0 aromatic heterocycles. The molecule has 2 aliphatic rings. The van der Waals surface area contributed by atoms with E-state index in [1.165, 1.54) is 36.6 Å². The maximum absolute atomic E-state index is 13.9. The van der Waals surface area contributed by atoms with Gasteiger partial charge in [-0.3, -0.25) is 0 Å². The quantitative estimate of drug-likeness (QED) is 0.564. The van der Waals surface area contributed by atoms with Gasteiger partial charge in [-0.25, -0.2) is 4.39 Å². The predicted molar refractivity (Wildman–Crippen MR) is 96.9 cm³/mol. The number of halogens is 2. The van der Waals surface area contributed by atoms with Gasteiger partial charge in [-0.1, -0.05) is 41.8 Å². The topological polar surface area (TPSA) is 3.24 Å². The lowest BCUT2D eigenvalue weighted by atomic mass is 9.61. The van der Waals surface area contributed by atoms with Crippen molar-refractivity contribution in [2.45, 2.75) is 50.5 Å². The van der Waals surface area contributed by atoms with Crippen LogP contribution in [0.15, 0.2) is 46.9 Å². The molecule has 1 nitrogen and oxygen atoms in total. The molecule has 4 rings (SSSR count). The fraction of sp³-hybridized carbons (Fsp3) is 0.400. The van der Waals surface area contributed by atoms with Crippen molar-refractivity contribution >= 4 is 27.3 Å². The number of nitrogens with zero attached hydrogens (tertiary/aromatic N) is 1. The van der Waals surface area contributed by atoms with Crippen LogP contribution >= 0.6 is 15.9 Å². The van der Waals surface area contributed by atoms with Crippen molar-refractivity contribution in [2.24, 2.45) is 0 Å². The number of benzene rings is 2. The summed E-state index contributed by atoms with van der Waals surface area (Å²) in [5.41, 5.74) is 3.66. The zero-order valence-electron chi connectivity index (χ0n) is 13.6. The average Bonchev–Trinajstić information content (AvgIpc) is 2.72. The zero-order chi connectivity index (χ0) is 16.2. The van der Waals surface area contributed by atoms with Crippen molar-refractivity contribution in [3.63, 3.8) is 0 Å². The standard InChI is InChI=1S/C20H21BrFN/c1-19-10-3-4-11-20(19,2)23(16-7-5-6-15(22)13-16)18-9-8-14(21)12-17(18)19/h5-9,12-13H,3-4,10-11H2,1-2H3. The molecule has 0 N–H and O–H groups in total. The summed E-state index contributed by atoms with van der Waals surface area (Å²) in [6, 6.07) is 13.6. The predicted octanol–water partition coefficient (Wildman–Crippen LogP) is 6.33. The minimum absolute atomic E-state index is 0.0117. The van der Waals surface area contributed by atoms with Crippen molar-refractivity contribution in [1.29, 1.82) is 0 Å². The maximum Gasteiger partial charge on any atom is 0.125 e. The van der Waals surface area contributed by atoms with E-state index in [4.69, 9.17) is 0 Å². The van der Waals surface area contributed by atoms with Crippen LogP contribution < -0.4 is 4.90 Å². The third-order valence-electron chi connectivity index (χ3n) is 6.13. The van der Waals surface area contributed by atoms with E-state index in [-0.39, 0.29) is 16.8 Å². The van der Waals surface area contributed by atoms with E-state index >= 15 is 0 Å². The summed E-state index contributed by atoms with van der Waals surface area (Å²) in [5, 5.41) is 0. The molecule has 2 aromatic rings. The summed E-state index contributed by atoms with van der Waals surface area (Å²) >= 11 is 3.63. The van der Waals surface area contributed by atoms with Gasteiger partial charge in [0.05, 0.1) is 5.54 Å². The van der Waals surface area contributed by atoms with Gasteiger partial charge in [-0.05, 0) is 61.7 Å². The van der Waals surface area contributed by atoms with Crippen LogP contribution in [-0.2, 0) is 5.41 Å². The Balaban J connectivity index is 1.98. The summed E-state index contributed by atoms with van der Waals surface area (Å²) < 4.78 is 15.0. The Morgan fingerprint density at radius 3 is 2.61 bits per heavy atom. The van der Waals surface area contributed by atoms with E-state index in [1.54, 1.807) is 6.07 Å². The van der Waals surface area contributed by atoms with Crippen LogP contribution in [-0.4, -0.2) is 5.54 Å². The zero-order valence-corrected chi connectivity index (χ0v) is 15.2. The van der Waals surface area contributed by atoms with Crippen LogP contribution in [0.3, 0.4) is 0 Å². The Bertz CT molecular complexity index is 774. The molecule has 1 aliphatic carbocycles. The summed E-state index contributed by atoms with van der Waals surface area (Å²) in [4.78, 5) is 2.39. The smallest absolute Gasteiger partial charge is 0.125 e. The average molecular weight is 374 g/mol. The molecule has 2 unspecified atom stereocenters. The van der Waals surface area contributed by atoms with E-state index in [9.17, 15) is 4.39 Å². The third-order valence-corrected chi connectivity index (χ3v) is 6.63. The number of hydrogen-bond acceptors (Lipinski definition) is 1. The second-order valence-electron chi connectivity index (χ2n) is 7.29. The first kappa shape index (κ1) is 15.2. The van der Waals surface area contributed by atoms with E-state index in [0.29, 0.717) is 0 Å². The van der Waals surface area contributed by atoms with Gasteiger partial charge < -0.3 is 4.90 Å². The normalized spacial score (nSPS) is 29.3. The monoisotopic (exact) mass is 373 g/mol. The molecule has 1 fully saturated rings. The summed E-state index contributed by atoms with van der Waals surface area (Å²) in [6.07, 6.45) is 4.80. The van der Waals surface area contributed by atoms with E-state index < -0.39 is 0 Å². The van der Waals surface area contributed by atoms with Gasteiger partial charge in [-0.15, -0.1) is 0 Å². The highest BCUT2D eigenvalue weighted by molar-refractivity contribution is 9.10. The first-order valence-electron chi connectivity index (χ1n) is 8.32. The summed E-state index contributed by atoms with van der Waals surface area (Å²) in [6.45, 7) is 4.74. The molecule has 0 saturated heterocycles. The van der Waals surface area contributed by atoms with Crippen LogP contribution in [0, 0.1) is 5.82 Å². The first-order valence-corrected chi connectivity index (χ1v) is 9.11. The van der Waals surface area contributed by atoms with Crippen LogP contribution in [0.25, 0.3) is 0 Å². The van der Waals surface area contributed by atoms with Gasteiger partial charge in [0.25, 0.3) is 0 Å². The SMILES string of the molecule is CC12CCCCC1(C)N(c1cccc(F)c1)c1ccc(Br)cc12. The molecule has 2 atom stereocenters. The number of fused-ring (bicyclic) bond motifs is 3. The number of hydrogen-bond donors (Lipinski definition) is 0. The largest absolute Gasteiger partial charge is 0.334 e. The van der Waals surface area contributed by atoms with Gasteiger partial charge in [0.15, 0.2) is 0 Å². The highest BCUT2D eigenvalue weighted by Gasteiger charge is 2.57. The molecular weight excluding hydrogens is 353 g/mol. The molecule has 0 amide bonds. The lowest BCUT2D eigenvalue weighted by Gasteiger charge is -2.50. The number of rotatable bonds is 1. The Morgan fingerprint density at radius 2 is 1.83 bits per heavy atom. The van der Waals surface area contributed by atoms with Crippen molar-refractivity contribution < 1.29 is 4.39 Å². The van der Waals surface area contributed by atoms with Crippen LogP contribution in [0.1, 0.15) is 45.1 Å². The fourth-order valence-electron chi connectivity index (χ4n) is 4.73. The summed E-state index contributed by atoms with van der Waals surface area (Å²) in [5.74, 6) is -0.172. The van der Waals surface area contributed by atoms with Crippen molar-refractivity contribution in [3.05, 3.63) is 58.3 Å². The third kappa shape index (κ3) is 2.02. The van der Waals surface area contributed by atoms with Crippen LogP contribution in [0.5, 0.6) is 0 Å². The minimum atomic E-state index is -0.172. The minimum Gasteiger partial charge on any atom is -0.334 e. The Hall–Kier alpha value is -1.35. The molecule has 0 radical (unpaired) electrons. The molecule has 3 heteroatoms. The maximum atomic E-state index is 13.9. The summed E-state index contributed by atoms with van der Waals surface area (Å²) in [7, 11) is 0. The van der Waals surface area contributed by atoms with Crippen molar-refractivity contribution in [2.75, 3.05) is 4.90 Å². The molecule has 0 spiro atoms. The fourth-order valence-corrected chi connectivity index (χ4v) is 5.09. The highest BCUT2D eigenvalue weighted by atomic mass is 79.9. The second-order valence-corrected chi connectivity index (χ2v) is 8.21. The van der Waals surface area contributed by atoms with E-state index in [1.807, 2.05) is 12.1 Å². The van der Waals surface area contributed by atoms with E-state index in [2.05, 4.69) is 52.9 Å². The van der Waals surface area contributed by atoms with Crippen LogP contribution in [0.4, 0.5) is 15.8 Å². The van der Waals surface area contributed by atoms with Crippen molar-refractivity contribution in [1.82, 2.24) is 0 Å². The molecule has 2 aromatic carbocycles. The molecule has 1 saturated carbocycles. The lowest BCUT2D eigenvalue weighted by Crippen LogP contribution is -2.54. The Labute approximate surface area is 145 Å². The van der Waals surface area contributed by atoms with Crippen LogP contribution in [0.2, 0.25) is 0 Å². The second kappa shape index (κ2) is 5.07. The van der Waals surface area contributed by atoms with Gasteiger partial charge in [-0.2, -0.15) is 0 Å². The Morgan fingerprint density at radius 1 is 1.04 bits per heavy atom. The number of anilines is 2. The van der Waals surface area contributed by atoms with Crippen molar-refractivity contribution in [3.8, 4) is 0 Å².